The minimum Gasteiger partial charge on any atom is -0.454 e. The Bertz CT molecular complexity index is 1430. The number of anilines is 1. The average Bonchev–Trinajstić information content (AvgIpc) is 3.51. The molecule has 3 aromatic rings. The number of carbonyl (C=O) groups excluding carboxylic acids is 2. The fourth-order valence-corrected chi connectivity index (χ4v) is 5.03. The highest BCUT2D eigenvalue weighted by atomic mass is 19.1. The second kappa shape index (κ2) is 9.90. The lowest BCUT2D eigenvalue weighted by Gasteiger charge is -2.32. The molecular formula is C29H27FN4O4. The summed E-state index contributed by atoms with van der Waals surface area (Å²) >= 11 is 0. The van der Waals surface area contributed by atoms with E-state index < -0.39 is 11.7 Å². The molecule has 1 atom stereocenters. The Morgan fingerprint density at radius 2 is 1.76 bits per heavy atom. The summed E-state index contributed by atoms with van der Waals surface area (Å²) in [6, 6.07) is 17.2. The Balaban J connectivity index is 1.31. The molecule has 38 heavy (non-hydrogen) atoms. The van der Waals surface area contributed by atoms with E-state index in [0.29, 0.717) is 46.1 Å². The van der Waals surface area contributed by atoms with Crippen molar-refractivity contribution in [3.63, 3.8) is 0 Å². The SMILES string of the molecule is CN1CCN(C(=O)Cc2ccc(N=C(c3ccc4c(c3)OCO4)C3C(=O)Nc4cc(F)ccc43)cc2)CC1. The molecule has 0 saturated carbocycles. The van der Waals surface area contributed by atoms with Gasteiger partial charge in [-0.05, 0) is 60.6 Å². The number of amides is 2. The lowest BCUT2D eigenvalue weighted by atomic mass is 9.90. The number of ether oxygens (including phenoxy) is 2. The van der Waals surface area contributed by atoms with E-state index >= 15 is 0 Å². The van der Waals surface area contributed by atoms with Crippen LogP contribution < -0.4 is 14.8 Å². The van der Waals surface area contributed by atoms with E-state index in [9.17, 15) is 14.0 Å². The van der Waals surface area contributed by atoms with Crippen molar-refractivity contribution in [2.75, 3.05) is 45.3 Å². The maximum atomic E-state index is 13.9. The summed E-state index contributed by atoms with van der Waals surface area (Å²) in [7, 11) is 2.06. The van der Waals surface area contributed by atoms with E-state index in [1.165, 1.54) is 12.1 Å². The first-order valence-corrected chi connectivity index (χ1v) is 12.6. The normalized spacial score (nSPS) is 18.9. The molecule has 9 heteroatoms. The third kappa shape index (κ3) is 4.72. The van der Waals surface area contributed by atoms with E-state index in [4.69, 9.17) is 14.5 Å². The standard InChI is InChI=1S/C29H27FN4O4/c1-33-10-12-34(13-11-33)26(35)14-18-2-6-21(7-3-18)31-28(19-4-9-24-25(15-19)38-17-37-24)27-22-8-5-20(30)16-23(22)32-29(27)36/h2-9,15-16,27H,10-14,17H2,1H3,(H,32,36). The number of halogens is 1. The summed E-state index contributed by atoms with van der Waals surface area (Å²) in [6.07, 6.45) is 0.326. The molecule has 0 aromatic heterocycles. The van der Waals surface area contributed by atoms with Crippen molar-refractivity contribution < 1.29 is 23.5 Å². The lowest BCUT2D eigenvalue weighted by molar-refractivity contribution is -0.132. The molecule has 8 nitrogen and oxygen atoms in total. The molecule has 1 N–H and O–H groups in total. The zero-order valence-corrected chi connectivity index (χ0v) is 20.9. The molecule has 6 rings (SSSR count). The van der Waals surface area contributed by atoms with Gasteiger partial charge >= 0.3 is 0 Å². The van der Waals surface area contributed by atoms with Crippen molar-refractivity contribution in [1.82, 2.24) is 9.80 Å². The first-order chi connectivity index (χ1) is 18.4. The number of nitrogens with zero attached hydrogens (tertiary/aromatic N) is 3. The minimum absolute atomic E-state index is 0.113. The number of carbonyl (C=O) groups is 2. The van der Waals surface area contributed by atoms with Gasteiger partial charge in [-0.15, -0.1) is 0 Å². The van der Waals surface area contributed by atoms with Crippen LogP contribution in [0.2, 0.25) is 0 Å². The summed E-state index contributed by atoms with van der Waals surface area (Å²) in [5, 5.41) is 2.78. The van der Waals surface area contributed by atoms with Crippen LogP contribution in [0.25, 0.3) is 0 Å². The number of aliphatic imine (C=N–C) groups is 1. The first kappa shape index (κ1) is 24.1. The molecule has 0 spiro atoms. The van der Waals surface area contributed by atoms with Crippen LogP contribution in [0, 0.1) is 5.82 Å². The van der Waals surface area contributed by atoms with Crippen molar-refractivity contribution in [3.8, 4) is 11.5 Å². The number of benzene rings is 3. The Hall–Kier alpha value is -4.24. The van der Waals surface area contributed by atoms with E-state index in [1.807, 2.05) is 35.2 Å². The summed E-state index contributed by atoms with van der Waals surface area (Å²) in [4.78, 5) is 34.9. The third-order valence-corrected chi connectivity index (χ3v) is 7.19. The number of hydrogen-bond acceptors (Lipinski definition) is 6. The van der Waals surface area contributed by atoms with Crippen molar-refractivity contribution in [2.24, 2.45) is 4.99 Å². The van der Waals surface area contributed by atoms with Gasteiger partial charge in [0.1, 0.15) is 11.7 Å². The number of likely N-dealkylation sites (N-methyl/N-ethyl adjacent to an activating group) is 1. The number of nitrogens with one attached hydrogen (secondary N) is 1. The van der Waals surface area contributed by atoms with Gasteiger partial charge in [-0.3, -0.25) is 14.6 Å². The van der Waals surface area contributed by atoms with Crippen LogP contribution in [-0.4, -0.2) is 67.3 Å². The van der Waals surface area contributed by atoms with Crippen molar-refractivity contribution in [3.05, 3.63) is 83.2 Å². The molecular weight excluding hydrogens is 487 g/mol. The van der Waals surface area contributed by atoms with Gasteiger partial charge in [0.2, 0.25) is 18.6 Å². The summed E-state index contributed by atoms with van der Waals surface area (Å²) in [5.74, 6) is -0.123. The van der Waals surface area contributed by atoms with Gasteiger partial charge in [-0.25, -0.2) is 4.39 Å². The number of fused-ring (bicyclic) bond motifs is 2. The Morgan fingerprint density at radius 3 is 2.55 bits per heavy atom. The zero-order valence-electron chi connectivity index (χ0n) is 20.9. The van der Waals surface area contributed by atoms with Gasteiger partial charge in [-0.2, -0.15) is 0 Å². The van der Waals surface area contributed by atoms with Gasteiger partial charge in [-0.1, -0.05) is 18.2 Å². The van der Waals surface area contributed by atoms with Crippen LogP contribution in [0.5, 0.6) is 11.5 Å². The third-order valence-electron chi connectivity index (χ3n) is 7.19. The predicted octanol–water partition coefficient (Wildman–Crippen LogP) is 3.73. The van der Waals surface area contributed by atoms with E-state index in [-0.39, 0.29) is 18.6 Å². The highest BCUT2D eigenvalue weighted by Gasteiger charge is 2.36. The van der Waals surface area contributed by atoms with Crippen molar-refractivity contribution in [1.29, 1.82) is 0 Å². The molecule has 0 radical (unpaired) electrons. The molecule has 2 amide bonds. The van der Waals surface area contributed by atoms with Crippen LogP contribution >= 0.6 is 0 Å². The molecule has 3 heterocycles. The second-order valence-corrected chi connectivity index (χ2v) is 9.75. The summed E-state index contributed by atoms with van der Waals surface area (Å²) in [6.45, 7) is 3.38. The smallest absolute Gasteiger partial charge is 0.238 e. The van der Waals surface area contributed by atoms with Gasteiger partial charge in [0.05, 0.1) is 17.8 Å². The molecule has 1 fully saturated rings. The van der Waals surface area contributed by atoms with E-state index in [1.54, 1.807) is 18.2 Å². The molecule has 3 aromatic carbocycles. The first-order valence-electron chi connectivity index (χ1n) is 12.6. The molecule has 1 saturated heterocycles. The number of piperazine rings is 1. The quantitative estimate of drug-likeness (QED) is 0.525. The van der Waals surface area contributed by atoms with Crippen molar-refractivity contribution in [2.45, 2.75) is 12.3 Å². The largest absolute Gasteiger partial charge is 0.454 e. The molecule has 1 unspecified atom stereocenters. The lowest BCUT2D eigenvalue weighted by Crippen LogP contribution is -2.47. The highest BCUT2D eigenvalue weighted by Crippen LogP contribution is 2.39. The van der Waals surface area contributed by atoms with Crippen LogP contribution in [0.3, 0.4) is 0 Å². The number of hydrogen-bond donors (Lipinski definition) is 1. The minimum atomic E-state index is -0.732. The molecule has 0 aliphatic carbocycles. The van der Waals surface area contributed by atoms with Crippen LogP contribution in [0.4, 0.5) is 15.8 Å². The van der Waals surface area contributed by atoms with Crippen LogP contribution in [0.1, 0.15) is 22.6 Å². The molecule has 0 bridgehead atoms. The maximum absolute atomic E-state index is 13.9. The fourth-order valence-electron chi connectivity index (χ4n) is 5.03. The van der Waals surface area contributed by atoms with Gasteiger partial charge in [0.25, 0.3) is 0 Å². The monoisotopic (exact) mass is 514 g/mol. The predicted molar refractivity (Wildman–Crippen MR) is 141 cm³/mol. The van der Waals surface area contributed by atoms with Crippen LogP contribution in [-0.2, 0) is 16.0 Å². The van der Waals surface area contributed by atoms with Crippen molar-refractivity contribution >= 4 is 28.9 Å². The molecule has 3 aliphatic heterocycles. The summed E-state index contributed by atoms with van der Waals surface area (Å²) in [5.41, 5.74) is 3.83. The fraction of sp³-hybridized carbons (Fsp3) is 0.276. The summed E-state index contributed by atoms with van der Waals surface area (Å²) < 4.78 is 24.9. The zero-order chi connectivity index (χ0) is 26.2. The van der Waals surface area contributed by atoms with Gasteiger partial charge in [0, 0.05) is 37.4 Å². The topological polar surface area (TPSA) is 83.5 Å². The Morgan fingerprint density at radius 1 is 1.00 bits per heavy atom. The van der Waals surface area contributed by atoms with Crippen LogP contribution in [0.15, 0.2) is 65.7 Å². The maximum Gasteiger partial charge on any atom is 0.238 e. The molecule has 3 aliphatic rings. The second-order valence-electron chi connectivity index (χ2n) is 9.75. The van der Waals surface area contributed by atoms with E-state index in [0.717, 1.165) is 31.7 Å². The van der Waals surface area contributed by atoms with Gasteiger partial charge < -0.3 is 24.6 Å². The van der Waals surface area contributed by atoms with E-state index in [2.05, 4.69) is 17.3 Å². The Kier molecular flexibility index (Phi) is 6.29. The Labute approximate surface area is 219 Å². The molecule has 194 valence electrons. The average molecular weight is 515 g/mol. The number of rotatable bonds is 5. The van der Waals surface area contributed by atoms with Gasteiger partial charge in [0.15, 0.2) is 11.5 Å². The highest BCUT2D eigenvalue weighted by molar-refractivity contribution is 6.24.